The Morgan fingerprint density at radius 1 is 1.33 bits per heavy atom. The maximum atomic E-state index is 15.0. The van der Waals surface area contributed by atoms with Gasteiger partial charge in [-0.1, -0.05) is 6.92 Å². The molecule has 1 N–H and O–H groups in total. The Bertz CT molecular complexity index is 1080. The molecule has 0 aromatic carbocycles. The quantitative estimate of drug-likeness (QED) is 0.750. The number of halogens is 1. The summed E-state index contributed by atoms with van der Waals surface area (Å²) in [7, 11) is 0. The van der Waals surface area contributed by atoms with Gasteiger partial charge in [0, 0.05) is 32.3 Å². The van der Waals surface area contributed by atoms with Crippen LogP contribution in [0.25, 0.3) is 11.0 Å². The van der Waals surface area contributed by atoms with Crippen LogP contribution in [0.1, 0.15) is 50.0 Å². The van der Waals surface area contributed by atoms with Crippen LogP contribution in [0.15, 0.2) is 17.1 Å². The average Bonchev–Trinajstić information content (AvgIpc) is 3.46. The van der Waals surface area contributed by atoms with Gasteiger partial charge in [-0.25, -0.2) is 14.2 Å². The molecule has 1 amide bonds. The minimum atomic E-state index is -0.713. The smallest absolute Gasteiger partial charge is 0.343 e. The number of fused-ring (bicyclic) bond motifs is 1. The summed E-state index contributed by atoms with van der Waals surface area (Å²) >= 11 is 0. The normalized spacial score (nSPS) is 21.1. The third-order valence-corrected chi connectivity index (χ3v) is 5.68. The van der Waals surface area contributed by atoms with E-state index in [1.165, 1.54) is 13.1 Å². The lowest BCUT2D eigenvalue weighted by Gasteiger charge is -2.20. The van der Waals surface area contributed by atoms with E-state index in [-0.39, 0.29) is 47.3 Å². The maximum Gasteiger partial charge on any atom is 0.343 e. The van der Waals surface area contributed by atoms with E-state index in [1.54, 1.807) is 16.4 Å². The molecule has 2 unspecified atom stereocenters. The van der Waals surface area contributed by atoms with Crippen LogP contribution < -0.4 is 15.6 Å². The Morgan fingerprint density at radius 2 is 2.07 bits per heavy atom. The van der Waals surface area contributed by atoms with Crippen molar-refractivity contribution in [3.63, 3.8) is 0 Å². The van der Waals surface area contributed by atoms with Crippen molar-refractivity contribution >= 4 is 28.7 Å². The average molecular weight is 416 g/mol. The number of anilines is 1. The molecule has 30 heavy (non-hydrogen) atoms. The number of carbonyl (C=O) groups is 2. The number of nitrogens with zero attached hydrogens (tertiary/aromatic N) is 3. The fourth-order valence-electron chi connectivity index (χ4n) is 4.03. The molecule has 2 aliphatic rings. The molecule has 1 saturated heterocycles. The van der Waals surface area contributed by atoms with Gasteiger partial charge in [-0.3, -0.25) is 9.59 Å². The number of esters is 1. The lowest BCUT2D eigenvalue weighted by molar-refractivity contribution is -0.119. The summed E-state index contributed by atoms with van der Waals surface area (Å²) < 4.78 is 21.8. The van der Waals surface area contributed by atoms with Gasteiger partial charge < -0.3 is 19.5 Å². The van der Waals surface area contributed by atoms with E-state index >= 15 is 4.39 Å². The second-order valence-electron chi connectivity index (χ2n) is 8.09. The molecule has 3 heterocycles. The van der Waals surface area contributed by atoms with Gasteiger partial charge in [0.15, 0.2) is 11.6 Å². The van der Waals surface area contributed by atoms with Crippen LogP contribution in [-0.2, 0) is 9.53 Å². The number of nitrogens with one attached hydrogen (secondary N) is 1. The minimum absolute atomic E-state index is 0.0689. The summed E-state index contributed by atoms with van der Waals surface area (Å²) in [6.45, 7) is 6.23. The van der Waals surface area contributed by atoms with Crippen molar-refractivity contribution in [2.75, 3.05) is 24.6 Å². The van der Waals surface area contributed by atoms with E-state index in [4.69, 9.17) is 4.74 Å². The van der Waals surface area contributed by atoms with Gasteiger partial charge >= 0.3 is 5.97 Å². The Kier molecular flexibility index (Phi) is 5.21. The van der Waals surface area contributed by atoms with Gasteiger partial charge in [0.1, 0.15) is 11.2 Å². The highest BCUT2D eigenvalue weighted by molar-refractivity contribution is 5.93. The standard InChI is InChI=1S/C21H25FN4O4/c1-4-30-21(29)15-9-26(13-5-6-13)19-14(18(15)28)7-16(22)20(24-19)25-8-11(2)17(10-25)23-12(3)27/h7,9,11,13,17H,4-6,8,10H2,1-3H3,(H,23,27). The van der Waals surface area contributed by atoms with Gasteiger partial charge in [-0.2, -0.15) is 0 Å². The molecule has 1 aliphatic carbocycles. The van der Waals surface area contributed by atoms with Crippen molar-refractivity contribution in [1.82, 2.24) is 14.9 Å². The number of amides is 1. The molecule has 1 aliphatic heterocycles. The van der Waals surface area contributed by atoms with Crippen molar-refractivity contribution < 1.29 is 18.7 Å². The molecular weight excluding hydrogens is 391 g/mol. The Morgan fingerprint density at radius 3 is 2.70 bits per heavy atom. The molecule has 9 heteroatoms. The lowest BCUT2D eigenvalue weighted by atomic mass is 10.1. The van der Waals surface area contributed by atoms with Crippen LogP contribution in [0.4, 0.5) is 10.2 Å². The van der Waals surface area contributed by atoms with E-state index in [0.29, 0.717) is 18.7 Å². The summed E-state index contributed by atoms with van der Waals surface area (Å²) in [5, 5.41) is 2.96. The largest absolute Gasteiger partial charge is 0.462 e. The monoisotopic (exact) mass is 416 g/mol. The highest BCUT2D eigenvalue weighted by Crippen LogP contribution is 2.37. The van der Waals surface area contributed by atoms with Crippen molar-refractivity contribution in [3.05, 3.63) is 33.9 Å². The molecule has 8 nitrogen and oxygen atoms in total. The third kappa shape index (κ3) is 3.64. The zero-order valence-electron chi connectivity index (χ0n) is 17.3. The highest BCUT2D eigenvalue weighted by Gasteiger charge is 2.34. The number of rotatable bonds is 5. The van der Waals surface area contributed by atoms with Gasteiger partial charge in [0.05, 0.1) is 18.0 Å². The molecule has 160 valence electrons. The van der Waals surface area contributed by atoms with Gasteiger partial charge in [-0.15, -0.1) is 0 Å². The van der Waals surface area contributed by atoms with Crippen LogP contribution in [0.5, 0.6) is 0 Å². The zero-order valence-corrected chi connectivity index (χ0v) is 17.3. The second kappa shape index (κ2) is 7.70. The molecule has 1 saturated carbocycles. The molecule has 0 bridgehead atoms. The van der Waals surface area contributed by atoms with Crippen LogP contribution >= 0.6 is 0 Å². The second-order valence-corrected chi connectivity index (χ2v) is 8.09. The SMILES string of the molecule is CCOC(=O)c1cn(C2CC2)c2nc(N3CC(C)C(NC(C)=O)C3)c(F)cc2c1=O. The minimum Gasteiger partial charge on any atom is -0.462 e. The van der Waals surface area contributed by atoms with Crippen LogP contribution in [-0.4, -0.2) is 47.2 Å². The first-order chi connectivity index (χ1) is 14.3. The van der Waals surface area contributed by atoms with E-state index < -0.39 is 17.2 Å². The van der Waals surface area contributed by atoms with Crippen molar-refractivity contribution in [2.45, 2.75) is 45.7 Å². The molecule has 0 spiro atoms. The Labute approximate surface area is 173 Å². The fourth-order valence-corrected chi connectivity index (χ4v) is 4.03. The van der Waals surface area contributed by atoms with E-state index in [9.17, 15) is 14.4 Å². The summed E-state index contributed by atoms with van der Waals surface area (Å²) in [5.41, 5.74) is -0.322. The van der Waals surface area contributed by atoms with Crippen molar-refractivity contribution in [3.8, 4) is 0 Å². The number of ether oxygens (including phenoxy) is 1. The van der Waals surface area contributed by atoms with Crippen molar-refractivity contribution in [2.24, 2.45) is 5.92 Å². The summed E-state index contributed by atoms with van der Waals surface area (Å²) in [6, 6.07) is 1.19. The van der Waals surface area contributed by atoms with E-state index in [2.05, 4.69) is 10.3 Å². The maximum absolute atomic E-state index is 15.0. The first-order valence-corrected chi connectivity index (χ1v) is 10.2. The van der Waals surface area contributed by atoms with E-state index in [0.717, 1.165) is 18.9 Å². The first-order valence-electron chi connectivity index (χ1n) is 10.2. The topological polar surface area (TPSA) is 93.5 Å². The zero-order chi connectivity index (χ0) is 21.6. The number of pyridine rings is 2. The molecule has 2 fully saturated rings. The van der Waals surface area contributed by atoms with Gasteiger partial charge in [0.2, 0.25) is 11.3 Å². The lowest BCUT2D eigenvalue weighted by Crippen LogP contribution is -2.38. The van der Waals surface area contributed by atoms with Crippen LogP contribution in [0, 0.1) is 11.7 Å². The fraction of sp³-hybridized carbons (Fsp3) is 0.524. The highest BCUT2D eigenvalue weighted by atomic mass is 19.1. The predicted octanol–water partition coefficient (Wildman–Crippen LogP) is 2.01. The summed E-state index contributed by atoms with van der Waals surface area (Å²) in [4.78, 5) is 42.8. The van der Waals surface area contributed by atoms with Gasteiger partial charge in [0.25, 0.3) is 0 Å². The Balaban J connectivity index is 1.79. The molecule has 4 rings (SSSR count). The van der Waals surface area contributed by atoms with E-state index in [1.807, 2.05) is 6.92 Å². The molecule has 2 aromatic rings. The number of hydrogen-bond acceptors (Lipinski definition) is 6. The number of aromatic nitrogens is 2. The van der Waals surface area contributed by atoms with Crippen LogP contribution in [0.2, 0.25) is 0 Å². The third-order valence-electron chi connectivity index (χ3n) is 5.68. The molecule has 0 radical (unpaired) electrons. The van der Waals surface area contributed by atoms with Crippen LogP contribution in [0.3, 0.4) is 0 Å². The first kappa shape index (κ1) is 20.3. The molecular formula is C21H25FN4O4. The Hall–Kier alpha value is -2.97. The predicted molar refractivity (Wildman–Crippen MR) is 109 cm³/mol. The number of hydrogen-bond donors (Lipinski definition) is 1. The van der Waals surface area contributed by atoms with Crippen molar-refractivity contribution in [1.29, 1.82) is 0 Å². The number of carbonyl (C=O) groups excluding carboxylic acids is 2. The summed E-state index contributed by atoms with van der Waals surface area (Å²) in [6.07, 6.45) is 3.29. The molecule has 2 atom stereocenters. The van der Waals surface area contributed by atoms with Gasteiger partial charge in [-0.05, 0) is 31.7 Å². The summed E-state index contributed by atoms with van der Waals surface area (Å²) in [5.74, 6) is -1.19. The molecule has 2 aromatic heterocycles.